The number of urea groups is 1. The summed E-state index contributed by atoms with van der Waals surface area (Å²) in [5.74, 6) is -2.02. The van der Waals surface area contributed by atoms with Crippen molar-refractivity contribution in [1.29, 1.82) is 0 Å². The van der Waals surface area contributed by atoms with E-state index in [-0.39, 0.29) is 16.3 Å². The quantitative estimate of drug-likeness (QED) is 0.713. The minimum atomic E-state index is -0.895. The number of halogens is 1. The Morgan fingerprint density at radius 2 is 2.05 bits per heavy atom. The number of imide groups is 1. The minimum Gasteiger partial charge on any atom is -0.507 e. The van der Waals surface area contributed by atoms with Gasteiger partial charge in [0.2, 0.25) is 0 Å². The van der Waals surface area contributed by atoms with Gasteiger partial charge in [0, 0.05) is 11.6 Å². The largest absolute Gasteiger partial charge is 0.507 e. The van der Waals surface area contributed by atoms with Crippen LogP contribution in [0.1, 0.15) is 23.7 Å². The fraction of sp³-hybridized carbons (Fsp3) is 0.308. The molecule has 1 rings (SSSR count). The van der Waals surface area contributed by atoms with E-state index < -0.39 is 24.5 Å². The summed E-state index contributed by atoms with van der Waals surface area (Å²) in [6, 6.07) is 3.19. The molecule has 114 valence electrons. The molecule has 0 radical (unpaired) electrons. The van der Waals surface area contributed by atoms with Crippen molar-refractivity contribution in [2.24, 2.45) is 0 Å². The van der Waals surface area contributed by atoms with Crippen molar-refractivity contribution in [1.82, 2.24) is 10.6 Å². The number of rotatable bonds is 5. The average Bonchev–Trinajstić information content (AvgIpc) is 2.42. The summed E-state index contributed by atoms with van der Waals surface area (Å²) in [7, 11) is 0. The number of carbonyl (C=O) groups is 3. The molecule has 0 spiro atoms. The first-order valence-electron chi connectivity index (χ1n) is 6.17. The van der Waals surface area contributed by atoms with Gasteiger partial charge in [0.25, 0.3) is 5.91 Å². The van der Waals surface area contributed by atoms with Crippen molar-refractivity contribution in [3.63, 3.8) is 0 Å². The van der Waals surface area contributed by atoms with Crippen LogP contribution in [0.25, 0.3) is 0 Å². The Labute approximate surface area is 126 Å². The normalized spacial score (nSPS) is 9.81. The lowest BCUT2D eigenvalue weighted by molar-refractivity contribution is -0.123. The molecular formula is C13H15ClN2O5. The molecule has 0 saturated carbocycles. The van der Waals surface area contributed by atoms with Gasteiger partial charge in [-0.1, -0.05) is 18.5 Å². The Bertz CT molecular complexity index is 547. The molecular weight excluding hydrogens is 300 g/mol. The van der Waals surface area contributed by atoms with Gasteiger partial charge in [-0.25, -0.2) is 9.59 Å². The molecule has 0 aromatic heterocycles. The Morgan fingerprint density at radius 3 is 2.67 bits per heavy atom. The molecule has 0 aliphatic heterocycles. The summed E-state index contributed by atoms with van der Waals surface area (Å²) < 4.78 is 4.68. The number of phenols is 1. The molecule has 0 bridgehead atoms. The van der Waals surface area contributed by atoms with Crippen LogP contribution < -0.4 is 10.6 Å². The number of amides is 3. The zero-order chi connectivity index (χ0) is 15.8. The third-order valence-corrected chi connectivity index (χ3v) is 2.54. The van der Waals surface area contributed by atoms with Crippen LogP contribution in [0.3, 0.4) is 0 Å². The summed E-state index contributed by atoms with van der Waals surface area (Å²) in [6.45, 7) is 1.65. The number of nitrogens with one attached hydrogen (secondary N) is 2. The first-order valence-corrected chi connectivity index (χ1v) is 6.55. The number of hydrogen-bond acceptors (Lipinski definition) is 5. The highest BCUT2D eigenvalue weighted by molar-refractivity contribution is 6.30. The fourth-order valence-electron chi connectivity index (χ4n) is 1.33. The van der Waals surface area contributed by atoms with Crippen LogP contribution >= 0.6 is 11.6 Å². The lowest BCUT2D eigenvalue weighted by atomic mass is 10.2. The molecule has 21 heavy (non-hydrogen) atoms. The highest BCUT2D eigenvalue weighted by atomic mass is 35.5. The molecule has 3 N–H and O–H groups in total. The van der Waals surface area contributed by atoms with E-state index in [0.717, 1.165) is 6.42 Å². The molecule has 1 aromatic carbocycles. The zero-order valence-corrected chi connectivity index (χ0v) is 12.1. The summed E-state index contributed by atoms with van der Waals surface area (Å²) in [4.78, 5) is 34.2. The van der Waals surface area contributed by atoms with Gasteiger partial charge >= 0.3 is 12.0 Å². The molecule has 3 amide bonds. The summed E-state index contributed by atoms with van der Waals surface area (Å²) in [5, 5.41) is 14.2. The van der Waals surface area contributed by atoms with Crippen molar-refractivity contribution in [3.05, 3.63) is 28.8 Å². The molecule has 0 fully saturated rings. The lowest BCUT2D eigenvalue weighted by Gasteiger charge is -2.07. The SMILES string of the molecule is CCCNC(=O)NC(=O)COC(=O)c1ccc(Cl)cc1O. The molecule has 1 aromatic rings. The van der Waals surface area contributed by atoms with Gasteiger partial charge in [-0.2, -0.15) is 0 Å². The predicted molar refractivity (Wildman–Crippen MR) is 75.2 cm³/mol. The molecule has 0 unspecified atom stereocenters. The zero-order valence-electron chi connectivity index (χ0n) is 11.3. The van der Waals surface area contributed by atoms with Crippen LogP contribution in [0.5, 0.6) is 5.75 Å². The highest BCUT2D eigenvalue weighted by Gasteiger charge is 2.15. The van der Waals surface area contributed by atoms with Gasteiger partial charge in [-0.05, 0) is 24.6 Å². The first-order chi connectivity index (χ1) is 9.93. The molecule has 0 aliphatic rings. The van der Waals surface area contributed by atoms with Crippen molar-refractivity contribution >= 4 is 29.5 Å². The number of carbonyl (C=O) groups excluding carboxylic acids is 3. The van der Waals surface area contributed by atoms with E-state index in [1.54, 1.807) is 0 Å². The Balaban J connectivity index is 2.45. The van der Waals surface area contributed by atoms with E-state index in [1.165, 1.54) is 18.2 Å². The van der Waals surface area contributed by atoms with Gasteiger partial charge in [-0.15, -0.1) is 0 Å². The van der Waals surface area contributed by atoms with E-state index in [4.69, 9.17) is 11.6 Å². The molecule has 0 saturated heterocycles. The number of esters is 1. The van der Waals surface area contributed by atoms with Crippen LogP contribution in [-0.4, -0.2) is 36.2 Å². The van der Waals surface area contributed by atoms with Crippen LogP contribution in [0.15, 0.2) is 18.2 Å². The second kappa shape index (κ2) is 8.11. The van der Waals surface area contributed by atoms with E-state index in [0.29, 0.717) is 6.54 Å². The first kappa shape index (κ1) is 16.8. The molecule has 0 aliphatic carbocycles. The van der Waals surface area contributed by atoms with Gasteiger partial charge in [0.1, 0.15) is 11.3 Å². The van der Waals surface area contributed by atoms with Crippen LogP contribution in [0, 0.1) is 0 Å². The van der Waals surface area contributed by atoms with Gasteiger partial charge in [0.05, 0.1) is 0 Å². The standard InChI is InChI=1S/C13H15ClN2O5/c1-2-5-15-13(20)16-11(18)7-21-12(19)9-4-3-8(14)6-10(9)17/h3-4,6,17H,2,5,7H2,1H3,(H2,15,16,18,20). The van der Waals surface area contributed by atoms with Crippen LogP contribution in [-0.2, 0) is 9.53 Å². The maximum absolute atomic E-state index is 11.6. The Morgan fingerprint density at radius 1 is 1.33 bits per heavy atom. The maximum Gasteiger partial charge on any atom is 0.342 e. The van der Waals surface area contributed by atoms with Gasteiger partial charge in [-0.3, -0.25) is 10.1 Å². The van der Waals surface area contributed by atoms with E-state index in [2.05, 4.69) is 10.1 Å². The molecule has 0 atom stereocenters. The smallest absolute Gasteiger partial charge is 0.342 e. The van der Waals surface area contributed by atoms with E-state index in [9.17, 15) is 19.5 Å². The van der Waals surface area contributed by atoms with E-state index >= 15 is 0 Å². The lowest BCUT2D eigenvalue weighted by Crippen LogP contribution is -2.41. The van der Waals surface area contributed by atoms with Crippen molar-refractivity contribution in [2.75, 3.05) is 13.2 Å². The van der Waals surface area contributed by atoms with Crippen molar-refractivity contribution < 1.29 is 24.2 Å². The summed E-state index contributed by atoms with van der Waals surface area (Å²) in [6.07, 6.45) is 0.729. The van der Waals surface area contributed by atoms with Crippen LogP contribution in [0.2, 0.25) is 5.02 Å². The number of ether oxygens (including phenoxy) is 1. The third kappa shape index (κ3) is 5.70. The highest BCUT2D eigenvalue weighted by Crippen LogP contribution is 2.22. The van der Waals surface area contributed by atoms with Crippen LogP contribution in [0.4, 0.5) is 4.79 Å². The average molecular weight is 315 g/mol. The fourth-order valence-corrected chi connectivity index (χ4v) is 1.50. The summed E-state index contributed by atoms with van der Waals surface area (Å²) in [5.41, 5.74) is -0.123. The number of benzene rings is 1. The molecule has 0 heterocycles. The monoisotopic (exact) mass is 314 g/mol. The van der Waals surface area contributed by atoms with E-state index in [1.807, 2.05) is 12.2 Å². The maximum atomic E-state index is 11.6. The molecule has 7 nitrogen and oxygen atoms in total. The minimum absolute atomic E-state index is 0.123. The summed E-state index contributed by atoms with van der Waals surface area (Å²) >= 11 is 5.63. The Kier molecular flexibility index (Phi) is 6.48. The Hall–Kier alpha value is -2.28. The number of hydrogen-bond donors (Lipinski definition) is 3. The van der Waals surface area contributed by atoms with Gasteiger partial charge in [0.15, 0.2) is 6.61 Å². The van der Waals surface area contributed by atoms with Gasteiger partial charge < -0.3 is 15.2 Å². The van der Waals surface area contributed by atoms with Crippen molar-refractivity contribution in [2.45, 2.75) is 13.3 Å². The second-order valence-corrected chi connectivity index (χ2v) is 4.48. The number of aromatic hydroxyl groups is 1. The predicted octanol–water partition coefficient (Wildman–Crippen LogP) is 1.44. The molecule has 8 heteroatoms. The topological polar surface area (TPSA) is 105 Å². The third-order valence-electron chi connectivity index (χ3n) is 2.30. The number of phenolic OH excluding ortho intramolecular Hbond substituents is 1. The van der Waals surface area contributed by atoms with Crippen molar-refractivity contribution in [3.8, 4) is 5.75 Å². The second-order valence-electron chi connectivity index (χ2n) is 4.04.